The Kier molecular flexibility index (Phi) is 4.86. The number of rotatable bonds is 4. The van der Waals surface area contributed by atoms with E-state index in [1.54, 1.807) is 48.5 Å². The molecule has 0 N–H and O–H groups in total. The van der Waals surface area contributed by atoms with Crippen molar-refractivity contribution in [2.75, 3.05) is 0 Å². The lowest BCUT2D eigenvalue weighted by Gasteiger charge is -2.08. The van der Waals surface area contributed by atoms with E-state index in [1.165, 1.54) is 6.07 Å². The first-order valence-corrected chi connectivity index (χ1v) is 7.63. The second kappa shape index (κ2) is 7.04. The van der Waals surface area contributed by atoms with Crippen molar-refractivity contribution in [3.8, 4) is 23.4 Å². The Hall–Kier alpha value is -2.01. The van der Waals surface area contributed by atoms with Gasteiger partial charge in [0.25, 0.3) is 0 Å². The molecule has 0 bridgehead atoms. The van der Waals surface area contributed by atoms with Gasteiger partial charge < -0.3 is 9.47 Å². The van der Waals surface area contributed by atoms with Crippen LogP contribution in [0.25, 0.3) is 0 Å². The summed E-state index contributed by atoms with van der Waals surface area (Å²) >= 11 is 17.6. The van der Waals surface area contributed by atoms with Gasteiger partial charge in [-0.2, -0.15) is 9.97 Å². The van der Waals surface area contributed by atoms with Crippen LogP contribution in [0.3, 0.4) is 0 Å². The number of hydrogen-bond acceptors (Lipinski definition) is 4. The third-order valence-electron chi connectivity index (χ3n) is 2.71. The molecular weight excluding hydrogens is 359 g/mol. The Morgan fingerprint density at radius 3 is 1.74 bits per heavy atom. The van der Waals surface area contributed by atoms with Gasteiger partial charge in [0.1, 0.15) is 16.7 Å². The van der Waals surface area contributed by atoms with Crippen LogP contribution in [0, 0.1) is 0 Å². The first-order valence-electron chi connectivity index (χ1n) is 6.50. The van der Waals surface area contributed by atoms with Crippen molar-refractivity contribution in [3.05, 3.63) is 69.8 Å². The summed E-state index contributed by atoms with van der Waals surface area (Å²) in [6.07, 6.45) is 0. The van der Waals surface area contributed by atoms with Gasteiger partial charge in [0.05, 0.1) is 0 Å². The van der Waals surface area contributed by atoms with Crippen molar-refractivity contribution in [3.63, 3.8) is 0 Å². The molecule has 4 nitrogen and oxygen atoms in total. The molecule has 0 saturated heterocycles. The number of aromatic nitrogens is 2. The molecule has 0 spiro atoms. The van der Waals surface area contributed by atoms with Crippen LogP contribution in [0.2, 0.25) is 15.2 Å². The molecule has 3 aromatic rings. The first-order chi connectivity index (χ1) is 11.1. The number of ether oxygens (including phenoxy) is 2. The molecule has 23 heavy (non-hydrogen) atoms. The van der Waals surface area contributed by atoms with Crippen LogP contribution in [0.15, 0.2) is 54.6 Å². The summed E-state index contributed by atoms with van der Waals surface area (Å²) < 4.78 is 11.2. The van der Waals surface area contributed by atoms with E-state index < -0.39 is 0 Å². The summed E-state index contributed by atoms with van der Waals surface area (Å²) in [7, 11) is 0. The van der Waals surface area contributed by atoms with Gasteiger partial charge in [0.15, 0.2) is 0 Å². The predicted octanol–water partition coefficient (Wildman–Crippen LogP) is 6.02. The molecule has 0 radical (unpaired) electrons. The van der Waals surface area contributed by atoms with Crippen LogP contribution in [0.5, 0.6) is 23.4 Å². The van der Waals surface area contributed by atoms with E-state index >= 15 is 0 Å². The highest BCUT2D eigenvalue weighted by atomic mass is 35.5. The molecule has 0 saturated carbocycles. The maximum Gasteiger partial charge on any atom is 0.326 e. The fourth-order valence-corrected chi connectivity index (χ4v) is 2.12. The molecule has 2 aromatic carbocycles. The summed E-state index contributed by atoms with van der Waals surface area (Å²) in [6.45, 7) is 0. The lowest BCUT2D eigenvalue weighted by molar-refractivity contribution is 0.411. The van der Waals surface area contributed by atoms with Gasteiger partial charge in [-0.1, -0.05) is 34.8 Å². The molecule has 1 heterocycles. The van der Waals surface area contributed by atoms with Gasteiger partial charge in [-0.25, -0.2) is 0 Å². The SMILES string of the molecule is Clc1ccc(Oc2cc(Cl)nc(Oc3ccc(Cl)cc3)n2)cc1. The lowest BCUT2D eigenvalue weighted by Crippen LogP contribution is -1.95. The van der Waals surface area contributed by atoms with Crippen molar-refractivity contribution < 1.29 is 9.47 Å². The minimum absolute atomic E-state index is 0.0729. The smallest absolute Gasteiger partial charge is 0.326 e. The van der Waals surface area contributed by atoms with Crippen molar-refractivity contribution in [2.24, 2.45) is 0 Å². The summed E-state index contributed by atoms with van der Waals surface area (Å²) in [5, 5.41) is 1.42. The summed E-state index contributed by atoms with van der Waals surface area (Å²) in [5.74, 6) is 1.37. The van der Waals surface area contributed by atoms with Gasteiger partial charge in [-0.05, 0) is 48.5 Å². The van der Waals surface area contributed by atoms with Crippen molar-refractivity contribution in [2.45, 2.75) is 0 Å². The van der Waals surface area contributed by atoms with E-state index in [9.17, 15) is 0 Å². The number of hydrogen-bond donors (Lipinski definition) is 0. The fraction of sp³-hybridized carbons (Fsp3) is 0. The minimum Gasteiger partial charge on any atom is -0.439 e. The maximum atomic E-state index is 5.98. The van der Waals surface area contributed by atoms with Crippen LogP contribution < -0.4 is 9.47 Å². The van der Waals surface area contributed by atoms with Crippen LogP contribution in [-0.2, 0) is 0 Å². The van der Waals surface area contributed by atoms with Crippen LogP contribution in [-0.4, -0.2) is 9.97 Å². The second-order valence-corrected chi connectivity index (χ2v) is 5.68. The molecule has 3 rings (SSSR count). The Labute approximate surface area is 147 Å². The largest absolute Gasteiger partial charge is 0.439 e. The molecule has 0 atom stereocenters. The van der Waals surface area contributed by atoms with Crippen LogP contribution in [0.4, 0.5) is 0 Å². The molecule has 0 amide bonds. The molecule has 0 fully saturated rings. The molecular formula is C16H9Cl3N2O2. The van der Waals surface area contributed by atoms with Crippen LogP contribution in [0.1, 0.15) is 0 Å². The van der Waals surface area contributed by atoms with Crippen molar-refractivity contribution in [1.29, 1.82) is 0 Å². The Bertz CT molecular complexity index is 743. The zero-order valence-corrected chi connectivity index (χ0v) is 13.8. The Balaban J connectivity index is 1.81. The van der Waals surface area contributed by atoms with Crippen molar-refractivity contribution >= 4 is 34.8 Å². The zero-order chi connectivity index (χ0) is 16.2. The highest BCUT2D eigenvalue weighted by molar-refractivity contribution is 6.31. The highest BCUT2D eigenvalue weighted by Gasteiger charge is 2.08. The average molecular weight is 368 g/mol. The first kappa shape index (κ1) is 15.9. The highest BCUT2D eigenvalue weighted by Crippen LogP contribution is 2.27. The van der Waals surface area contributed by atoms with Gasteiger partial charge in [0.2, 0.25) is 5.88 Å². The number of benzene rings is 2. The third kappa shape index (κ3) is 4.48. The number of nitrogens with zero attached hydrogens (tertiary/aromatic N) is 2. The molecule has 116 valence electrons. The molecule has 0 aliphatic carbocycles. The van der Waals surface area contributed by atoms with E-state index in [-0.39, 0.29) is 17.0 Å². The molecule has 0 aliphatic heterocycles. The fourth-order valence-electron chi connectivity index (χ4n) is 1.71. The second-order valence-electron chi connectivity index (χ2n) is 4.42. The normalized spacial score (nSPS) is 10.4. The Morgan fingerprint density at radius 2 is 1.17 bits per heavy atom. The summed E-state index contributed by atoms with van der Waals surface area (Å²) in [6, 6.07) is 15.2. The summed E-state index contributed by atoms with van der Waals surface area (Å²) in [5.41, 5.74) is 0. The van der Waals surface area contributed by atoms with E-state index in [0.717, 1.165) is 0 Å². The minimum atomic E-state index is 0.0729. The lowest BCUT2D eigenvalue weighted by atomic mass is 10.3. The van der Waals surface area contributed by atoms with E-state index in [2.05, 4.69) is 9.97 Å². The van der Waals surface area contributed by atoms with Gasteiger partial charge in [0, 0.05) is 16.1 Å². The van der Waals surface area contributed by atoms with E-state index in [1.807, 2.05) is 0 Å². The monoisotopic (exact) mass is 366 g/mol. The summed E-state index contributed by atoms with van der Waals surface area (Å²) in [4.78, 5) is 8.17. The average Bonchev–Trinajstić information content (AvgIpc) is 2.51. The molecule has 1 aromatic heterocycles. The third-order valence-corrected chi connectivity index (χ3v) is 3.41. The zero-order valence-electron chi connectivity index (χ0n) is 11.5. The molecule has 0 aliphatic rings. The predicted molar refractivity (Wildman–Crippen MR) is 90.1 cm³/mol. The van der Waals surface area contributed by atoms with Crippen LogP contribution >= 0.6 is 34.8 Å². The molecule has 0 unspecified atom stereocenters. The maximum absolute atomic E-state index is 5.98. The molecule has 7 heteroatoms. The standard InChI is InChI=1S/C16H9Cl3N2O2/c17-10-1-5-12(6-2-10)22-15-9-14(19)20-16(21-15)23-13-7-3-11(18)4-8-13/h1-9H. The Morgan fingerprint density at radius 1 is 0.652 bits per heavy atom. The van der Waals surface area contributed by atoms with Gasteiger partial charge in [-0.15, -0.1) is 0 Å². The van der Waals surface area contributed by atoms with Gasteiger partial charge in [-0.3, -0.25) is 0 Å². The topological polar surface area (TPSA) is 44.2 Å². The van der Waals surface area contributed by atoms with E-state index in [0.29, 0.717) is 21.5 Å². The quantitative estimate of drug-likeness (QED) is 0.529. The van der Waals surface area contributed by atoms with Crippen molar-refractivity contribution in [1.82, 2.24) is 9.97 Å². The number of halogens is 3. The van der Waals surface area contributed by atoms with E-state index in [4.69, 9.17) is 44.3 Å². The van der Waals surface area contributed by atoms with Gasteiger partial charge >= 0.3 is 6.01 Å².